The number of nitrogens with one attached hydrogen (secondary N) is 1. The van der Waals surface area contributed by atoms with Crippen molar-refractivity contribution >= 4 is 11.0 Å². The zero-order valence-corrected chi connectivity index (χ0v) is 11.1. The highest BCUT2D eigenvalue weighted by molar-refractivity contribution is 5.84. The summed E-state index contributed by atoms with van der Waals surface area (Å²) in [5.41, 5.74) is 1.79. The lowest BCUT2D eigenvalue weighted by Crippen LogP contribution is -2.06. The number of ether oxygens (including phenoxy) is 1. The molecule has 0 radical (unpaired) electrons. The van der Waals surface area contributed by atoms with Gasteiger partial charge in [0.25, 0.3) is 0 Å². The average Bonchev–Trinajstić information content (AvgIpc) is 2.81. The number of rotatable bonds is 5. The number of hydrogen-bond acceptors (Lipinski definition) is 4. The molecule has 2 aromatic rings. The largest absolute Gasteiger partial charge is 0.477 e. The molecule has 0 atom stereocenters. The Hall–Kier alpha value is -2.35. The number of nitrogens with zero attached hydrogens (tertiary/aromatic N) is 3. The third-order valence-electron chi connectivity index (χ3n) is 2.60. The molecule has 2 rings (SSSR count). The Kier molecular flexibility index (Phi) is 4.14. The summed E-state index contributed by atoms with van der Waals surface area (Å²) in [6.07, 6.45) is 7.30. The van der Waals surface area contributed by atoms with Crippen molar-refractivity contribution in [1.29, 1.82) is 5.26 Å². The van der Waals surface area contributed by atoms with Gasteiger partial charge in [0, 0.05) is 12.3 Å². The molecule has 0 aliphatic carbocycles. The highest BCUT2D eigenvalue weighted by Gasteiger charge is 2.11. The van der Waals surface area contributed by atoms with E-state index in [1.165, 1.54) is 12.4 Å². The van der Waals surface area contributed by atoms with E-state index < -0.39 is 0 Å². The smallest absolute Gasteiger partial charge is 0.226 e. The van der Waals surface area contributed by atoms with E-state index in [9.17, 15) is 0 Å². The number of nitriles is 1. The van der Waals surface area contributed by atoms with Crippen LogP contribution in [-0.2, 0) is 6.42 Å². The molecule has 0 aliphatic rings. The third kappa shape index (κ3) is 3.10. The van der Waals surface area contributed by atoms with Gasteiger partial charge in [-0.1, -0.05) is 19.9 Å². The first kappa shape index (κ1) is 13.1. The maximum Gasteiger partial charge on any atom is 0.226 e. The minimum absolute atomic E-state index is 0.436. The molecule has 2 aromatic heterocycles. The van der Waals surface area contributed by atoms with Gasteiger partial charge >= 0.3 is 0 Å². The summed E-state index contributed by atoms with van der Waals surface area (Å²) in [5, 5.41) is 9.41. The molecule has 0 bridgehead atoms. The number of H-pyrrole nitrogens is 1. The van der Waals surface area contributed by atoms with Crippen LogP contribution in [0, 0.1) is 17.2 Å². The van der Waals surface area contributed by atoms with Gasteiger partial charge in [-0.3, -0.25) is 0 Å². The molecule has 1 N–H and O–H groups in total. The lowest BCUT2D eigenvalue weighted by molar-refractivity contribution is 0.264. The van der Waals surface area contributed by atoms with Crippen LogP contribution in [0.15, 0.2) is 24.7 Å². The monoisotopic (exact) mass is 256 g/mol. The second-order valence-corrected chi connectivity index (χ2v) is 4.66. The summed E-state index contributed by atoms with van der Waals surface area (Å²) >= 11 is 0. The third-order valence-corrected chi connectivity index (χ3v) is 2.60. The van der Waals surface area contributed by atoms with E-state index in [4.69, 9.17) is 10.00 Å². The first-order valence-electron chi connectivity index (χ1n) is 6.20. The molecule has 2 heterocycles. The Bertz CT molecular complexity index is 622. The minimum atomic E-state index is 0.436. The molecular weight excluding hydrogens is 240 g/mol. The molecule has 0 saturated carbocycles. The SMILES string of the molecule is CC(C)COc1ncnc2[nH]cc(C/C=C\C#N)c12. The minimum Gasteiger partial charge on any atom is -0.477 e. The van der Waals surface area contributed by atoms with Crippen molar-refractivity contribution in [3.63, 3.8) is 0 Å². The van der Waals surface area contributed by atoms with Crippen molar-refractivity contribution in [1.82, 2.24) is 15.0 Å². The predicted octanol–water partition coefficient (Wildman–Crippen LogP) is 2.61. The van der Waals surface area contributed by atoms with Gasteiger partial charge in [-0.2, -0.15) is 5.26 Å². The van der Waals surface area contributed by atoms with Gasteiger partial charge in [0.15, 0.2) is 0 Å². The summed E-state index contributed by atoms with van der Waals surface area (Å²) in [5.74, 6) is 1.03. The quantitative estimate of drug-likeness (QED) is 0.834. The van der Waals surface area contributed by atoms with E-state index >= 15 is 0 Å². The fourth-order valence-corrected chi connectivity index (χ4v) is 1.75. The lowest BCUT2D eigenvalue weighted by Gasteiger charge is -2.08. The second-order valence-electron chi connectivity index (χ2n) is 4.66. The van der Waals surface area contributed by atoms with Gasteiger partial charge in [0.1, 0.15) is 12.0 Å². The number of allylic oxidation sites excluding steroid dienone is 2. The van der Waals surface area contributed by atoms with Crippen molar-refractivity contribution in [2.45, 2.75) is 20.3 Å². The van der Waals surface area contributed by atoms with Crippen LogP contribution < -0.4 is 4.74 Å². The van der Waals surface area contributed by atoms with Crippen LogP contribution in [0.2, 0.25) is 0 Å². The normalized spacial score (nSPS) is 11.3. The molecule has 0 spiro atoms. The van der Waals surface area contributed by atoms with E-state index in [0.717, 1.165) is 16.6 Å². The van der Waals surface area contributed by atoms with Gasteiger partial charge in [0.2, 0.25) is 5.88 Å². The highest BCUT2D eigenvalue weighted by atomic mass is 16.5. The maximum absolute atomic E-state index is 8.51. The highest BCUT2D eigenvalue weighted by Crippen LogP contribution is 2.26. The average molecular weight is 256 g/mol. The molecule has 0 fully saturated rings. The first-order chi connectivity index (χ1) is 9.22. The number of aromatic amines is 1. The van der Waals surface area contributed by atoms with E-state index in [1.54, 1.807) is 0 Å². The Morgan fingerprint density at radius 2 is 2.32 bits per heavy atom. The standard InChI is InChI=1S/C14H16N4O/c1-10(2)8-19-14-12-11(5-3-4-6-15)7-16-13(12)17-9-18-14/h3-4,7,9-10H,5,8H2,1-2H3,(H,16,17,18)/b4-3-. The zero-order valence-electron chi connectivity index (χ0n) is 11.1. The molecular formula is C14H16N4O. The number of hydrogen-bond donors (Lipinski definition) is 1. The molecule has 5 nitrogen and oxygen atoms in total. The van der Waals surface area contributed by atoms with Crippen molar-refractivity contribution in [2.24, 2.45) is 5.92 Å². The van der Waals surface area contributed by atoms with Gasteiger partial charge in [-0.25, -0.2) is 9.97 Å². The summed E-state index contributed by atoms with van der Waals surface area (Å²) in [6, 6.07) is 1.98. The summed E-state index contributed by atoms with van der Waals surface area (Å²) in [7, 11) is 0. The topological polar surface area (TPSA) is 74.6 Å². The van der Waals surface area contributed by atoms with Crippen molar-refractivity contribution in [3.05, 3.63) is 30.2 Å². The first-order valence-corrected chi connectivity index (χ1v) is 6.20. The van der Waals surface area contributed by atoms with Crippen LogP contribution >= 0.6 is 0 Å². The fraction of sp³-hybridized carbons (Fsp3) is 0.357. The molecule has 0 unspecified atom stereocenters. The second kappa shape index (κ2) is 6.01. The van der Waals surface area contributed by atoms with Gasteiger partial charge < -0.3 is 9.72 Å². The molecule has 19 heavy (non-hydrogen) atoms. The fourth-order valence-electron chi connectivity index (χ4n) is 1.75. The van der Waals surface area contributed by atoms with Crippen LogP contribution in [-0.4, -0.2) is 21.6 Å². The molecule has 0 saturated heterocycles. The van der Waals surface area contributed by atoms with E-state index in [-0.39, 0.29) is 0 Å². The molecule has 0 aromatic carbocycles. The van der Waals surface area contributed by atoms with Gasteiger partial charge in [-0.05, 0) is 17.9 Å². The molecule has 0 amide bonds. The van der Waals surface area contributed by atoms with Crippen molar-refractivity contribution in [3.8, 4) is 11.9 Å². The lowest BCUT2D eigenvalue weighted by atomic mass is 10.1. The van der Waals surface area contributed by atoms with Gasteiger partial charge in [0.05, 0.1) is 18.1 Å². The Morgan fingerprint density at radius 1 is 1.47 bits per heavy atom. The van der Waals surface area contributed by atoms with Crippen LogP contribution in [0.4, 0.5) is 0 Å². The maximum atomic E-state index is 8.51. The van der Waals surface area contributed by atoms with Crippen molar-refractivity contribution < 1.29 is 4.74 Å². The molecule has 5 heteroatoms. The Morgan fingerprint density at radius 3 is 3.05 bits per heavy atom. The predicted molar refractivity (Wildman–Crippen MR) is 72.7 cm³/mol. The van der Waals surface area contributed by atoms with Crippen LogP contribution in [0.5, 0.6) is 5.88 Å². The van der Waals surface area contributed by atoms with Crippen LogP contribution in [0.25, 0.3) is 11.0 Å². The number of aromatic nitrogens is 3. The summed E-state index contributed by atoms with van der Waals surface area (Å²) in [4.78, 5) is 11.5. The van der Waals surface area contributed by atoms with Gasteiger partial charge in [-0.15, -0.1) is 0 Å². The Labute approximate surface area is 111 Å². The zero-order chi connectivity index (χ0) is 13.7. The summed E-state index contributed by atoms with van der Waals surface area (Å²) in [6.45, 7) is 4.79. The summed E-state index contributed by atoms with van der Waals surface area (Å²) < 4.78 is 5.73. The molecule has 98 valence electrons. The molecule has 0 aliphatic heterocycles. The van der Waals surface area contributed by atoms with E-state index in [2.05, 4.69) is 28.8 Å². The van der Waals surface area contributed by atoms with Crippen LogP contribution in [0.3, 0.4) is 0 Å². The van der Waals surface area contributed by atoms with Crippen molar-refractivity contribution in [2.75, 3.05) is 6.61 Å². The Balaban J connectivity index is 2.32. The van der Waals surface area contributed by atoms with Crippen LogP contribution in [0.1, 0.15) is 19.4 Å². The van der Waals surface area contributed by atoms with E-state index in [0.29, 0.717) is 24.8 Å². The number of fused-ring (bicyclic) bond motifs is 1. The van der Waals surface area contributed by atoms with E-state index in [1.807, 2.05) is 18.3 Å².